The highest BCUT2D eigenvalue weighted by molar-refractivity contribution is 7.00. The monoisotopic (exact) mass is 238 g/mol. The van der Waals surface area contributed by atoms with Crippen LogP contribution in [0.5, 0.6) is 0 Å². The van der Waals surface area contributed by atoms with E-state index in [2.05, 4.69) is 8.75 Å². The Balaban J connectivity index is 2.74. The van der Waals surface area contributed by atoms with Crippen molar-refractivity contribution in [1.82, 2.24) is 8.75 Å². The van der Waals surface area contributed by atoms with Gasteiger partial charge < -0.3 is 0 Å². The SMILES string of the molecule is FC(F)(F)c1ccc2nsnc2c1Cl. The molecule has 0 bridgehead atoms. The lowest BCUT2D eigenvalue weighted by Gasteiger charge is -2.07. The van der Waals surface area contributed by atoms with Gasteiger partial charge in [0.15, 0.2) is 0 Å². The van der Waals surface area contributed by atoms with Crippen molar-refractivity contribution in [3.63, 3.8) is 0 Å². The Morgan fingerprint density at radius 1 is 1.21 bits per heavy atom. The van der Waals surface area contributed by atoms with Crippen molar-refractivity contribution in [3.05, 3.63) is 22.7 Å². The largest absolute Gasteiger partial charge is 0.417 e. The van der Waals surface area contributed by atoms with E-state index in [1.807, 2.05) is 0 Å². The van der Waals surface area contributed by atoms with Gasteiger partial charge >= 0.3 is 6.18 Å². The molecule has 0 aliphatic heterocycles. The second-order valence-corrected chi connectivity index (χ2v) is 3.46. The van der Waals surface area contributed by atoms with Crippen LogP contribution in [-0.2, 0) is 6.18 Å². The molecule has 0 radical (unpaired) electrons. The molecule has 0 fully saturated rings. The first-order valence-electron chi connectivity index (χ1n) is 3.48. The van der Waals surface area contributed by atoms with Crippen molar-refractivity contribution in [3.8, 4) is 0 Å². The molecule has 0 unspecified atom stereocenters. The molecular weight excluding hydrogens is 237 g/mol. The predicted octanol–water partition coefficient (Wildman–Crippen LogP) is 3.36. The quantitative estimate of drug-likeness (QED) is 0.703. The number of aromatic nitrogens is 2. The maximum absolute atomic E-state index is 12.4. The third-order valence-corrected chi connectivity index (χ3v) is 2.60. The van der Waals surface area contributed by atoms with E-state index < -0.39 is 11.7 Å². The smallest absolute Gasteiger partial charge is 0.173 e. The molecule has 0 saturated heterocycles. The van der Waals surface area contributed by atoms with Crippen LogP contribution in [0.15, 0.2) is 12.1 Å². The summed E-state index contributed by atoms with van der Waals surface area (Å²) in [4.78, 5) is 0. The molecule has 2 rings (SSSR count). The first kappa shape index (κ1) is 9.67. The second kappa shape index (κ2) is 3.06. The van der Waals surface area contributed by atoms with E-state index in [-0.39, 0.29) is 10.5 Å². The summed E-state index contributed by atoms with van der Waals surface area (Å²) in [5.41, 5.74) is -0.390. The molecule has 0 aliphatic carbocycles. The number of hydrogen-bond acceptors (Lipinski definition) is 3. The van der Waals surface area contributed by atoms with E-state index in [0.29, 0.717) is 5.52 Å². The third-order valence-electron chi connectivity index (χ3n) is 1.67. The van der Waals surface area contributed by atoms with Gasteiger partial charge in [-0.15, -0.1) is 0 Å². The minimum absolute atomic E-state index is 0.103. The van der Waals surface area contributed by atoms with Crippen LogP contribution < -0.4 is 0 Å². The topological polar surface area (TPSA) is 25.8 Å². The standard InChI is InChI=1S/C7H2ClF3N2S/c8-5-3(7(9,10)11)1-2-4-6(5)13-14-12-4/h1-2H. The first-order chi connectivity index (χ1) is 6.50. The molecule has 2 aromatic rings. The molecule has 0 spiro atoms. The lowest BCUT2D eigenvalue weighted by atomic mass is 10.2. The lowest BCUT2D eigenvalue weighted by molar-refractivity contribution is -0.137. The molecule has 2 nitrogen and oxygen atoms in total. The summed E-state index contributed by atoms with van der Waals surface area (Å²) in [5, 5.41) is -0.385. The summed E-state index contributed by atoms with van der Waals surface area (Å²) in [5.74, 6) is 0. The highest BCUT2D eigenvalue weighted by atomic mass is 35.5. The number of benzene rings is 1. The average Bonchev–Trinajstić information content (AvgIpc) is 2.50. The molecule has 1 aromatic carbocycles. The third kappa shape index (κ3) is 1.44. The normalized spacial score (nSPS) is 12.3. The number of alkyl halides is 3. The maximum atomic E-state index is 12.4. The van der Waals surface area contributed by atoms with Crippen molar-refractivity contribution in [2.24, 2.45) is 0 Å². The fourth-order valence-electron chi connectivity index (χ4n) is 1.04. The van der Waals surface area contributed by atoms with Crippen LogP contribution in [-0.4, -0.2) is 8.75 Å². The van der Waals surface area contributed by atoms with Crippen molar-refractivity contribution in [1.29, 1.82) is 0 Å². The number of hydrogen-bond donors (Lipinski definition) is 0. The van der Waals surface area contributed by atoms with Gasteiger partial charge in [0, 0.05) is 0 Å². The van der Waals surface area contributed by atoms with Crippen LogP contribution in [0.25, 0.3) is 11.0 Å². The van der Waals surface area contributed by atoms with Crippen LogP contribution in [0, 0.1) is 0 Å². The van der Waals surface area contributed by atoms with E-state index in [1.165, 1.54) is 6.07 Å². The Kier molecular flexibility index (Phi) is 2.11. The maximum Gasteiger partial charge on any atom is 0.417 e. The van der Waals surface area contributed by atoms with E-state index in [9.17, 15) is 13.2 Å². The highest BCUT2D eigenvalue weighted by Gasteiger charge is 2.34. The minimum atomic E-state index is -4.45. The number of halogens is 4. The summed E-state index contributed by atoms with van der Waals surface area (Å²) < 4.78 is 44.5. The Morgan fingerprint density at radius 3 is 2.57 bits per heavy atom. The molecule has 74 valence electrons. The highest BCUT2D eigenvalue weighted by Crippen LogP contribution is 2.37. The predicted molar refractivity (Wildman–Crippen MR) is 47.4 cm³/mol. The molecular formula is C7H2ClF3N2S. The van der Waals surface area contributed by atoms with Gasteiger partial charge in [-0.3, -0.25) is 0 Å². The zero-order valence-electron chi connectivity index (χ0n) is 6.47. The first-order valence-corrected chi connectivity index (χ1v) is 4.59. The zero-order chi connectivity index (χ0) is 10.3. The Hall–Kier alpha value is -0.880. The molecule has 7 heteroatoms. The van der Waals surface area contributed by atoms with Crippen LogP contribution in [0.2, 0.25) is 5.02 Å². The Bertz CT molecular complexity index is 479. The van der Waals surface area contributed by atoms with Gasteiger partial charge in [-0.2, -0.15) is 21.9 Å². The number of nitrogens with zero attached hydrogens (tertiary/aromatic N) is 2. The van der Waals surface area contributed by atoms with Gasteiger partial charge in [0.05, 0.1) is 22.3 Å². The molecule has 0 saturated carbocycles. The van der Waals surface area contributed by atoms with E-state index in [4.69, 9.17) is 11.6 Å². The molecule has 0 aliphatic rings. The molecule has 0 atom stereocenters. The average molecular weight is 239 g/mol. The second-order valence-electron chi connectivity index (χ2n) is 2.56. The number of rotatable bonds is 0. The summed E-state index contributed by atoms with van der Waals surface area (Å²) in [6, 6.07) is 2.17. The lowest BCUT2D eigenvalue weighted by Crippen LogP contribution is -2.05. The molecule has 0 N–H and O–H groups in total. The van der Waals surface area contributed by atoms with Crippen molar-refractivity contribution < 1.29 is 13.2 Å². The molecule has 1 heterocycles. The van der Waals surface area contributed by atoms with Gasteiger partial charge in [0.2, 0.25) is 0 Å². The van der Waals surface area contributed by atoms with E-state index >= 15 is 0 Å². The minimum Gasteiger partial charge on any atom is -0.173 e. The van der Waals surface area contributed by atoms with Crippen molar-refractivity contribution in [2.45, 2.75) is 6.18 Å². The zero-order valence-corrected chi connectivity index (χ0v) is 8.04. The van der Waals surface area contributed by atoms with Gasteiger partial charge in [0.25, 0.3) is 0 Å². The summed E-state index contributed by atoms with van der Waals surface area (Å²) in [6.45, 7) is 0. The molecule has 0 amide bonds. The summed E-state index contributed by atoms with van der Waals surface area (Å²) in [6.07, 6.45) is -4.45. The van der Waals surface area contributed by atoms with Gasteiger partial charge in [-0.05, 0) is 12.1 Å². The van der Waals surface area contributed by atoms with Crippen LogP contribution in [0.3, 0.4) is 0 Å². The van der Waals surface area contributed by atoms with Crippen molar-refractivity contribution in [2.75, 3.05) is 0 Å². The van der Waals surface area contributed by atoms with Gasteiger partial charge in [0.1, 0.15) is 11.0 Å². The molecule has 14 heavy (non-hydrogen) atoms. The van der Waals surface area contributed by atoms with Crippen molar-refractivity contribution >= 4 is 34.4 Å². The Labute approximate surface area is 85.6 Å². The van der Waals surface area contributed by atoms with Crippen LogP contribution in [0.4, 0.5) is 13.2 Å². The van der Waals surface area contributed by atoms with Gasteiger partial charge in [-0.1, -0.05) is 11.6 Å². The Morgan fingerprint density at radius 2 is 1.93 bits per heavy atom. The van der Waals surface area contributed by atoms with E-state index in [0.717, 1.165) is 17.8 Å². The van der Waals surface area contributed by atoms with E-state index in [1.54, 1.807) is 0 Å². The fraction of sp³-hybridized carbons (Fsp3) is 0.143. The fourth-order valence-corrected chi connectivity index (χ4v) is 1.94. The number of fused-ring (bicyclic) bond motifs is 1. The van der Waals surface area contributed by atoms with Crippen LogP contribution in [0.1, 0.15) is 5.56 Å². The molecule has 1 aromatic heterocycles. The summed E-state index contributed by atoms with van der Waals surface area (Å²) in [7, 11) is 0. The van der Waals surface area contributed by atoms with Gasteiger partial charge in [-0.25, -0.2) is 0 Å². The summed E-state index contributed by atoms with van der Waals surface area (Å²) >= 11 is 6.39. The van der Waals surface area contributed by atoms with Crippen LogP contribution >= 0.6 is 23.3 Å².